The highest BCUT2D eigenvalue weighted by atomic mass is 35.5. The van der Waals surface area contributed by atoms with Gasteiger partial charge in [-0.2, -0.15) is 18.3 Å². The zero-order chi connectivity index (χ0) is 16.2. The standard InChI is InChI=1S/C14H9ClF3N5/c15-11-6-9(12-19-3-4-23(12)22-11)7-5-8(7)10-1-2-20-13(21-10)14(16,17)18/h1-4,6-8H,5H2/t7-,8-/m0/s1. The van der Waals surface area contributed by atoms with Crippen molar-refractivity contribution in [3.05, 3.63) is 53.0 Å². The monoisotopic (exact) mass is 339 g/mol. The summed E-state index contributed by atoms with van der Waals surface area (Å²) < 4.78 is 39.7. The van der Waals surface area contributed by atoms with Gasteiger partial charge in [-0.15, -0.1) is 0 Å². The van der Waals surface area contributed by atoms with E-state index in [0.717, 1.165) is 11.8 Å². The Morgan fingerprint density at radius 1 is 1.17 bits per heavy atom. The van der Waals surface area contributed by atoms with Crippen molar-refractivity contribution in [2.45, 2.75) is 24.4 Å². The van der Waals surface area contributed by atoms with Crippen LogP contribution in [0.3, 0.4) is 0 Å². The Kier molecular flexibility index (Phi) is 3.06. The Labute approximate surface area is 133 Å². The van der Waals surface area contributed by atoms with Crippen LogP contribution in [0.15, 0.2) is 30.7 Å². The predicted octanol–water partition coefficient (Wildman–Crippen LogP) is 3.46. The second-order valence-electron chi connectivity index (χ2n) is 5.37. The number of hydrogen-bond acceptors (Lipinski definition) is 4. The van der Waals surface area contributed by atoms with Gasteiger partial charge in [0.15, 0.2) is 5.65 Å². The number of alkyl halides is 3. The summed E-state index contributed by atoms with van der Waals surface area (Å²) in [6.45, 7) is 0. The molecule has 1 saturated carbocycles. The third kappa shape index (κ3) is 2.52. The molecule has 0 radical (unpaired) electrons. The molecule has 0 bridgehead atoms. The molecule has 3 aromatic heterocycles. The van der Waals surface area contributed by atoms with Gasteiger partial charge in [0.05, 0.1) is 0 Å². The highest BCUT2D eigenvalue weighted by molar-refractivity contribution is 6.29. The molecule has 1 aliphatic rings. The molecule has 1 fully saturated rings. The van der Waals surface area contributed by atoms with E-state index in [4.69, 9.17) is 11.6 Å². The third-order valence-electron chi connectivity index (χ3n) is 3.86. The van der Waals surface area contributed by atoms with E-state index >= 15 is 0 Å². The van der Waals surface area contributed by atoms with E-state index in [0.29, 0.717) is 22.9 Å². The lowest BCUT2D eigenvalue weighted by Gasteiger charge is -2.07. The maximum absolute atomic E-state index is 12.7. The van der Waals surface area contributed by atoms with Crippen molar-refractivity contribution in [3.63, 3.8) is 0 Å². The van der Waals surface area contributed by atoms with Crippen LogP contribution in [0.25, 0.3) is 5.65 Å². The molecule has 2 atom stereocenters. The quantitative estimate of drug-likeness (QED) is 0.717. The minimum absolute atomic E-state index is 0.0244. The minimum Gasteiger partial charge on any atom is -0.235 e. The van der Waals surface area contributed by atoms with Crippen LogP contribution in [-0.2, 0) is 6.18 Å². The first-order chi connectivity index (χ1) is 10.9. The number of halogens is 4. The van der Waals surface area contributed by atoms with E-state index < -0.39 is 12.0 Å². The van der Waals surface area contributed by atoms with Crippen molar-refractivity contribution in [1.29, 1.82) is 0 Å². The van der Waals surface area contributed by atoms with Gasteiger partial charge in [-0.05, 0) is 24.5 Å². The van der Waals surface area contributed by atoms with Crippen LogP contribution < -0.4 is 0 Å². The molecule has 0 aliphatic heterocycles. The van der Waals surface area contributed by atoms with Crippen molar-refractivity contribution in [2.24, 2.45) is 0 Å². The molecule has 9 heteroatoms. The number of aromatic nitrogens is 5. The summed E-state index contributed by atoms with van der Waals surface area (Å²) in [5.74, 6) is -1.19. The van der Waals surface area contributed by atoms with Gasteiger partial charge >= 0.3 is 6.18 Å². The molecule has 4 rings (SSSR count). The summed E-state index contributed by atoms with van der Waals surface area (Å²) in [5, 5.41) is 4.41. The Morgan fingerprint density at radius 3 is 2.78 bits per heavy atom. The van der Waals surface area contributed by atoms with Crippen LogP contribution in [0.2, 0.25) is 5.15 Å². The van der Waals surface area contributed by atoms with Gasteiger partial charge in [0.1, 0.15) is 5.15 Å². The van der Waals surface area contributed by atoms with Gasteiger partial charge in [0.2, 0.25) is 5.82 Å². The molecule has 1 aliphatic carbocycles. The van der Waals surface area contributed by atoms with Gasteiger partial charge < -0.3 is 0 Å². The fourth-order valence-electron chi connectivity index (χ4n) is 2.76. The molecule has 0 saturated heterocycles. The second kappa shape index (κ2) is 4.89. The molecule has 3 aromatic rings. The molecule has 118 valence electrons. The first-order valence-corrected chi connectivity index (χ1v) is 7.21. The average molecular weight is 340 g/mol. The van der Waals surface area contributed by atoms with Crippen LogP contribution >= 0.6 is 11.6 Å². The van der Waals surface area contributed by atoms with E-state index in [2.05, 4.69) is 20.1 Å². The topological polar surface area (TPSA) is 56.0 Å². The zero-order valence-electron chi connectivity index (χ0n) is 11.5. The summed E-state index contributed by atoms with van der Waals surface area (Å²) in [6.07, 6.45) is 0.569. The molecule has 0 N–H and O–H groups in total. The smallest absolute Gasteiger partial charge is 0.235 e. The van der Waals surface area contributed by atoms with E-state index in [1.165, 1.54) is 6.07 Å². The van der Waals surface area contributed by atoms with Crippen molar-refractivity contribution < 1.29 is 13.2 Å². The van der Waals surface area contributed by atoms with Gasteiger partial charge in [0.25, 0.3) is 0 Å². The predicted molar refractivity (Wildman–Crippen MR) is 75.1 cm³/mol. The largest absolute Gasteiger partial charge is 0.451 e. The Bertz CT molecular complexity index is 891. The van der Waals surface area contributed by atoms with Crippen molar-refractivity contribution in [2.75, 3.05) is 0 Å². The molecular formula is C14H9ClF3N5. The van der Waals surface area contributed by atoms with Crippen molar-refractivity contribution in [3.8, 4) is 0 Å². The summed E-state index contributed by atoms with van der Waals surface area (Å²) >= 11 is 6.00. The van der Waals surface area contributed by atoms with Crippen LogP contribution in [0.1, 0.15) is 35.3 Å². The van der Waals surface area contributed by atoms with Crippen LogP contribution in [0, 0.1) is 0 Å². The first-order valence-electron chi connectivity index (χ1n) is 6.83. The lowest BCUT2D eigenvalue weighted by molar-refractivity contribution is -0.145. The molecule has 0 amide bonds. The fourth-order valence-corrected chi connectivity index (χ4v) is 2.96. The Balaban J connectivity index is 1.69. The third-order valence-corrected chi connectivity index (χ3v) is 4.04. The molecular weight excluding hydrogens is 331 g/mol. The van der Waals surface area contributed by atoms with E-state index in [1.54, 1.807) is 23.0 Å². The average Bonchev–Trinajstić information content (AvgIpc) is 3.16. The summed E-state index contributed by atoms with van der Waals surface area (Å²) in [7, 11) is 0. The lowest BCUT2D eigenvalue weighted by Crippen LogP contribution is -2.11. The normalized spacial score (nSPS) is 20.9. The molecule has 5 nitrogen and oxygen atoms in total. The van der Waals surface area contributed by atoms with Gasteiger partial charge in [0, 0.05) is 35.8 Å². The van der Waals surface area contributed by atoms with Crippen LogP contribution in [-0.4, -0.2) is 24.6 Å². The second-order valence-corrected chi connectivity index (χ2v) is 5.76. The lowest BCUT2D eigenvalue weighted by atomic mass is 10.1. The van der Waals surface area contributed by atoms with Gasteiger partial charge in [-0.1, -0.05) is 11.6 Å². The minimum atomic E-state index is -4.54. The SMILES string of the molecule is FC(F)(F)c1nccc([C@H]2C[C@@H]2c2cc(Cl)nn3ccnc23)n1. The first kappa shape index (κ1) is 14.4. The molecule has 3 heterocycles. The van der Waals surface area contributed by atoms with Crippen LogP contribution in [0.4, 0.5) is 13.2 Å². The number of rotatable bonds is 2. The van der Waals surface area contributed by atoms with Crippen molar-refractivity contribution >= 4 is 17.2 Å². The summed E-state index contributed by atoms with van der Waals surface area (Å²) in [6, 6.07) is 3.23. The van der Waals surface area contributed by atoms with E-state index in [9.17, 15) is 13.2 Å². The molecule has 0 spiro atoms. The zero-order valence-corrected chi connectivity index (χ0v) is 12.3. The number of nitrogens with zero attached hydrogens (tertiary/aromatic N) is 5. The van der Waals surface area contributed by atoms with Gasteiger partial charge in [-0.25, -0.2) is 19.5 Å². The summed E-state index contributed by atoms with van der Waals surface area (Å²) in [5.41, 5.74) is 1.91. The number of fused-ring (bicyclic) bond motifs is 1. The highest BCUT2D eigenvalue weighted by Gasteiger charge is 2.44. The molecule has 0 aromatic carbocycles. The van der Waals surface area contributed by atoms with Crippen molar-refractivity contribution in [1.82, 2.24) is 24.6 Å². The number of imidazole rings is 1. The summed E-state index contributed by atoms with van der Waals surface area (Å²) in [4.78, 5) is 11.2. The Morgan fingerprint density at radius 2 is 2.00 bits per heavy atom. The van der Waals surface area contributed by atoms with E-state index in [1.807, 2.05) is 0 Å². The maximum atomic E-state index is 12.7. The molecule has 0 unspecified atom stereocenters. The van der Waals surface area contributed by atoms with E-state index in [-0.39, 0.29) is 11.8 Å². The molecule has 23 heavy (non-hydrogen) atoms. The Hall–Kier alpha value is -2.22. The van der Waals surface area contributed by atoms with Gasteiger partial charge in [-0.3, -0.25) is 0 Å². The number of hydrogen-bond donors (Lipinski definition) is 0. The fraction of sp³-hybridized carbons (Fsp3) is 0.286. The van der Waals surface area contributed by atoms with Crippen LogP contribution in [0.5, 0.6) is 0 Å². The highest BCUT2D eigenvalue weighted by Crippen LogP contribution is 2.55. The maximum Gasteiger partial charge on any atom is 0.451 e.